The van der Waals surface area contributed by atoms with Crippen molar-refractivity contribution in [2.24, 2.45) is 0 Å². The van der Waals surface area contributed by atoms with Crippen LogP contribution in [0, 0.1) is 27.7 Å². The van der Waals surface area contributed by atoms with Gasteiger partial charge in [-0.1, -0.05) is 23.3 Å². The quantitative estimate of drug-likeness (QED) is 0.279. The second-order valence-electron chi connectivity index (χ2n) is 9.28. The Hall–Kier alpha value is -3.92. The van der Waals surface area contributed by atoms with Crippen LogP contribution in [-0.2, 0) is 0 Å². The maximum absolute atomic E-state index is 11.7. The molecule has 0 heterocycles. The van der Waals surface area contributed by atoms with E-state index in [1.54, 1.807) is 6.07 Å². The van der Waals surface area contributed by atoms with Crippen molar-refractivity contribution >= 4 is 0 Å². The lowest BCUT2D eigenvalue weighted by Crippen LogP contribution is -2.00. The van der Waals surface area contributed by atoms with E-state index in [-0.39, 0.29) is 11.5 Å². The van der Waals surface area contributed by atoms with Gasteiger partial charge in [-0.25, -0.2) is 0 Å². The molecule has 0 saturated carbocycles. The van der Waals surface area contributed by atoms with Gasteiger partial charge in [0.2, 0.25) is 0 Å². The van der Waals surface area contributed by atoms with E-state index in [9.17, 15) is 10.2 Å². The molecule has 0 atom stereocenters. The molecule has 36 heavy (non-hydrogen) atoms. The third-order valence-electron chi connectivity index (χ3n) is 6.23. The lowest BCUT2D eigenvalue weighted by molar-refractivity contribution is 0.341. The number of aryl methyl sites for hydroxylation is 4. The van der Waals surface area contributed by atoms with Gasteiger partial charge in [-0.15, -0.1) is 0 Å². The van der Waals surface area contributed by atoms with Gasteiger partial charge in [0.15, 0.2) is 0 Å². The molecule has 0 bridgehead atoms. The van der Waals surface area contributed by atoms with Crippen LogP contribution in [0.15, 0.2) is 60.7 Å². The first-order valence-corrected chi connectivity index (χ1v) is 12.4. The van der Waals surface area contributed by atoms with Crippen molar-refractivity contribution in [3.8, 4) is 56.4 Å². The van der Waals surface area contributed by atoms with E-state index in [0.29, 0.717) is 35.7 Å². The molecule has 0 radical (unpaired) electrons. The van der Waals surface area contributed by atoms with Crippen LogP contribution >= 0.6 is 0 Å². The SMILES string of the molecule is CCOc1ccc(C)cc1-c1cc(C)cc(-c2cc(C)cc(-c3cc(C)ccc3O)c2OCC)c1O. The number of aromatic hydroxyl groups is 2. The zero-order valence-electron chi connectivity index (χ0n) is 21.9. The lowest BCUT2D eigenvalue weighted by Gasteiger charge is -2.20. The fourth-order valence-corrected chi connectivity index (χ4v) is 4.66. The number of phenols is 2. The van der Waals surface area contributed by atoms with Crippen molar-refractivity contribution < 1.29 is 19.7 Å². The summed E-state index contributed by atoms with van der Waals surface area (Å²) in [4.78, 5) is 0. The molecule has 0 aromatic heterocycles. The van der Waals surface area contributed by atoms with Gasteiger partial charge in [0.25, 0.3) is 0 Å². The van der Waals surface area contributed by atoms with E-state index in [4.69, 9.17) is 9.47 Å². The van der Waals surface area contributed by atoms with Crippen LogP contribution in [0.25, 0.3) is 33.4 Å². The summed E-state index contributed by atoms with van der Waals surface area (Å²) in [5.41, 5.74) is 8.63. The fraction of sp³-hybridized carbons (Fsp3) is 0.250. The molecular formula is C32H34O4. The lowest BCUT2D eigenvalue weighted by atomic mass is 9.90. The van der Waals surface area contributed by atoms with Crippen molar-refractivity contribution in [1.82, 2.24) is 0 Å². The number of ether oxygens (including phenoxy) is 2. The molecule has 4 aromatic rings. The highest BCUT2D eigenvalue weighted by atomic mass is 16.5. The van der Waals surface area contributed by atoms with Gasteiger partial charge in [0, 0.05) is 33.4 Å². The summed E-state index contributed by atoms with van der Waals surface area (Å²) in [6.07, 6.45) is 0. The topological polar surface area (TPSA) is 58.9 Å². The Bertz CT molecular complexity index is 1420. The predicted octanol–water partition coefficient (Wildman–Crippen LogP) is 8.13. The summed E-state index contributed by atoms with van der Waals surface area (Å²) in [5, 5.41) is 22.4. The highest BCUT2D eigenvalue weighted by Gasteiger charge is 2.22. The Labute approximate surface area is 213 Å². The largest absolute Gasteiger partial charge is 0.507 e. The average molecular weight is 483 g/mol. The second-order valence-corrected chi connectivity index (χ2v) is 9.28. The van der Waals surface area contributed by atoms with E-state index >= 15 is 0 Å². The number of rotatable bonds is 7. The molecule has 0 fully saturated rings. The van der Waals surface area contributed by atoms with Crippen LogP contribution in [0.4, 0.5) is 0 Å². The Morgan fingerprint density at radius 1 is 0.528 bits per heavy atom. The zero-order valence-corrected chi connectivity index (χ0v) is 21.9. The Morgan fingerprint density at radius 3 is 1.61 bits per heavy atom. The van der Waals surface area contributed by atoms with Crippen LogP contribution < -0.4 is 9.47 Å². The van der Waals surface area contributed by atoms with E-state index in [2.05, 4.69) is 0 Å². The van der Waals surface area contributed by atoms with Crippen LogP contribution in [0.5, 0.6) is 23.0 Å². The van der Waals surface area contributed by atoms with E-state index in [0.717, 1.165) is 44.7 Å². The maximum atomic E-state index is 11.7. The Balaban J connectivity index is 2.02. The maximum Gasteiger partial charge on any atom is 0.135 e. The standard InChI is InChI=1S/C32H34O4/c1-7-35-30-12-10-20(4)14-24(30)25-15-21(5)16-26(31(25)34)28-18-22(6)17-27(32(28)36-8-2)23-13-19(3)9-11-29(23)33/h9-18,33-34H,7-8H2,1-6H3. The highest BCUT2D eigenvalue weighted by molar-refractivity contribution is 5.91. The molecule has 2 N–H and O–H groups in total. The second kappa shape index (κ2) is 10.4. The third-order valence-corrected chi connectivity index (χ3v) is 6.23. The van der Waals surface area contributed by atoms with Gasteiger partial charge in [-0.05, 0) is 101 Å². The summed E-state index contributed by atoms with van der Waals surface area (Å²) in [6, 6.07) is 19.6. The molecule has 4 rings (SSSR count). The highest BCUT2D eigenvalue weighted by Crippen LogP contribution is 2.49. The number of hydrogen-bond donors (Lipinski definition) is 2. The molecule has 186 valence electrons. The van der Waals surface area contributed by atoms with Gasteiger partial charge in [0.05, 0.1) is 13.2 Å². The van der Waals surface area contributed by atoms with Gasteiger partial charge < -0.3 is 19.7 Å². The van der Waals surface area contributed by atoms with E-state index in [1.807, 2.05) is 96.1 Å². The van der Waals surface area contributed by atoms with Crippen molar-refractivity contribution in [2.45, 2.75) is 41.5 Å². The molecule has 4 heteroatoms. The van der Waals surface area contributed by atoms with Crippen molar-refractivity contribution in [3.63, 3.8) is 0 Å². The van der Waals surface area contributed by atoms with Crippen molar-refractivity contribution in [2.75, 3.05) is 13.2 Å². The first-order valence-electron chi connectivity index (χ1n) is 12.4. The average Bonchev–Trinajstić information content (AvgIpc) is 2.84. The number of phenolic OH excluding ortho intramolecular Hbond substituents is 2. The third kappa shape index (κ3) is 4.90. The van der Waals surface area contributed by atoms with Crippen molar-refractivity contribution in [3.05, 3.63) is 82.9 Å². The molecule has 0 spiro atoms. The molecular weight excluding hydrogens is 448 g/mol. The fourth-order valence-electron chi connectivity index (χ4n) is 4.66. The zero-order chi connectivity index (χ0) is 26.0. The predicted molar refractivity (Wildman–Crippen MR) is 147 cm³/mol. The molecule has 4 nitrogen and oxygen atoms in total. The summed E-state index contributed by atoms with van der Waals surface area (Å²) >= 11 is 0. The molecule has 0 aliphatic carbocycles. The summed E-state index contributed by atoms with van der Waals surface area (Å²) < 4.78 is 12.1. The molecule has 0 aliphatic rings. The minimum absolute atomic E-state index is 0.165. The van der Waals surface area contributed by atoms with Gasteiger partial charge in [-0.2, -0.15) is 0 Å². The molecule has 0 amide bonds. The first kappa shape index (κ1) is 25.2. The molecule has 0 aliphatic heterocycles. The van der Waals surface area contributed by atoms with E-state index < -0.39 is 0 Å². The van der Waals surface area contributed by atoms with Crippen LogP contribution in [-0.4, -0.2) is 23.4 Å². The summed E-state index contributed by atoms with van der Waals surface area (Å²) in [7, 11) is 0. The molecule has 0 unspecified atom stereocenters. The summed E-state index contributed by atoms with van der Waals surface area (Å²) in [5.74, 6) is 1.71. The van der Waals surface area contributed by atoms with E-state index in [1.165, 1.54) is 0 Å². The number of hydrogen-bond acceptors (Lipinski definition) is 4. The Morgan fingerprint density at radius 2 is 1.00 bits per heavy atom. The monoisotopic (exact) mass is 482 g/mol. The van der Waals surface area contributed by atoms with Gasteiger partial charge >= 0.3 is 0 Å². The molecule has 4 aromatic carbocycles. The minimum atomic E-state index is 0.165. The van der Waals surface area contributed by atoms with Gasteiger partial charge in [-0.3, -0.25) is 0 Å². The van der Waals surface area contributed by atoms with Crippen LogP contribution in [0.3, 0.4) is 0 Å². The van der Waals surface area contributed by atoms with Crippen molar-refractivity contribution in [1.29, 1.82) is 0 Å². The normalized spacial score (nSPS) is 10.9. The van der Waals surface area contributed by atoms with Crippen LogP contribution in [0.1, 0.15) is 36.1 Å². The first-order chi connectivity index (χ1) is 17.2. The Kier molecular flexibility index (Phi) is 7.25. The minimum Gasteiger partial charge on any atom is -0.507 e. The number of benzene rings is 4. The van der Waals surface area contributed by atoms with Crippen LogP contribution in [0.2, 0.25) is 0 Å². The molecule has 0 saturated heterocycles. The summed E-state index contributed by atoms with van der Waals surface area (Å²) in [6.45, 7) is 12.9. The van der Waals surface area contributed by atoms with Gasteiger partial charge in [0.1, 0.15) is 23.0 Å². The smallest absolute Gasteiger partial charge is 0.135 e.